The zero-order chi connectivity index (χ0) is 15.4. The quantitative estimate of drug-likeness (QED) is 0.850. The average Bonchev–Trinajstić information content (AvgIpc) is 2.37. The summed E-state index contributed by atoms with van der Waals surface area (Å²) in [5.41, 5.74) is 1.05. The Balaban J connectivity index is 2.11. The molecule has 118 valence electrons. The fourth-order valence-electron chi connectivity index (χ4n) is 3.22. The molecule has 2 unspecified atom stereocenters. The minimum Gasteiger partial charge on any atom is -0.311 e. The van der Waals surface area contributed by atoms with Crippen LogP contribution in [0.3, 0.4) is 0 Å². The Morgan fingerprint density at radius 3 is 2.76 bits per heavy atom. The van der Waals surface area contributed by atoms with Crippen LogP contribution < -0.4 is 5.32 Å². The molecule has 0 radical (unpaired) electrons. The summed E-state index contributed by atoms with van der Waals surface area (Å²) in [5.74, 6) is 0.429. The summed E-state index contributed by atoms with van der Waals surface area (Å²) in [6.07, 6.45) is 2.40. The van der Waals surface area contributed by atoms with Crippen molar-refractivity contribution in [3.63, 3.8) is 0 Å². The van der Waals surface area contributed by atoms with E-state index in [0.29, 0.717) is 18.0 Å². The first-order valence-corrected chi connectivity index (χ1v) is 8.71. The van der Waals surface area contributed by atoms with Gasteiger partial charge in [0.15, 0.2) is 0 Å². The Bertz CT molecular complexity index is 444. The zero-order valence-electron chi connectivity index (χ0n) is 13.2. The molecule has 1 aliphatic rings. The van der Waals surface area contributed by atoms with Gasteiger partial charge in [-0.15, -0.1) is 0 Å². The summed E-state index contributed by atoms with van der Waals surface area (Å²) in [7, 11) is 0. The Morgan fingerprint density at radius 2 is 2.14 bits per heavy atom. The van der Waals surface area contributed by atoms with Gasteiger partial charge in [0, 0.05) is 36.2 Å². The van der Waals surface area contributed by atoms with Crippen molar-refractivity contribution in [2.24, 2.45) is 5.92 Å². The van der Waals surface area contributed by atoms with Gasteiger partial charge < -0.3 is 5.32 Å². The summed E-state index contributed by atoms with van der Waals surface area (Å²) in [6, 6.07) is 6.26. The SMILES string of the molecule is CCCC1CN(Cc2cc(F)cc(Br)c2)C(C(C)C)CN1. The molecule has 0 saturated carbocycles. The molecule has 0 bridgehead atoms. The van der Waals surface area contributed by atoms with Gasteiger partial charge in [0.1, 0.15) is 5.82 Å². The van der Waals surface area contributed by atoms with Gasteiger partial charge >= 0.3 is 0 Å². The molecule has 0 spiro atoms. The minimum atomic E-state index is -0.166. The molecule has 4 heteroatoms. The second-order valence-corrected chi connectivity index (χ2v) is 7.33. The number of halogens is 2. The van der Waals surface area contributed by atoms with Crippen LogP contribution in [-0.4, -0.2) is 30.1 Å². The molecule has 2 rings (SSSR count). The van der Waals surface area contributed by atoms with Gasteiger partial charge in [-0.3, -0.25) is 4.90 Å². The highest BCUT2D eigenvalue weighted by Crippen LogP contribution is 2.22. The lowest BCUT2D eigenvalue weighted by atomic mass is 9.96. The summed E-state index contributed by atoms with van der Waals surface area (Å²) in [4.78, 5) is 2.52. The molecule has 1 saturated heterocycles. The predicted molar refractivity (Wildman–Crippen MR) is 89.8 cm³/mol. The molecule has 0 aliphatic carbocycles. The third-order valence-corrected chi connectivity index (χ3v) is 4.71. The third kappa shape index (κ3) is 4.76. The van der Waals surface area contributed by atoms with Crippen molar-refractivity contribution in [3.8, 4) is 0 Å². The topological polar surface area (TPSA) is 15.3 Å². The van der Waals surface area contributed by atoms with E-state index in [-0.39, 0.29) is 5.82 Å². The van der Waals surface area contributed by atoms with Crippen molar-refractivity contribution in [3.05, 3.63) is 34.1 Å². The number of hydrogen-bond donors (Lipinski definition) is 1. The summed E-state index contributed by atoms with van der Waals surface area (Å²) < 4.78 is 14.4. The van der Waals surface area contributed by atoms with Crippen LogP contribution >= 0.6 is 15.9 Å². The van der Waals surface area contributed by atoms with Crippen LogP contribution in [0.5, 0.6) is 0 Å². The monoisotopic (exact) mass is 356 g/mol. The maximum Gasteiger partial charge on any atom is 0.124 e. The van der Waals surface area contributed by atoms with Crippen LogP contribution in [-0.2, 0) is 6.54 Å². The Kier molecular flexibility index (Phi) is 6.20. The first kappa shape index (κ1) is 16.9. The predicted octanol–water partition coefficient (Wildman–Crippen LogP) is 4.19. The highest BCUT2D eigenvalue weighted by Gasteiger charge is 2.29. The lowest BCUT2D eigenvalue weighted by Gasteiger charge is -2.42. The molecule has 1 aromatic carbocycles. The fourth-order valence-corrected chi connectivity index (χ4v) is 3.73. The Morgan fingerprint density at radius 1 is 1.38 bits per heavy atom. The Labute approximate surface area is 136 Å². The van der Waals surface area contributed by atoms with Crippen LogP contribution in [0, 0.1) is 11.7 Å². The second-order valence-electron chi connectivity index (χ2n) is 6.41. The normalized spacial score (nSPS) is 23.7. The summed E-state index contributed by atoms with van der Waals surface area (Å²) in [6.45, 7) is 9.65. The van der Waals surface area contributed by atoms with Gasteiger partial charge in [0.05, 0.1) is 0 Å². The van der Waals surface area contributed by atoms with Crippen molar-refractivity contribution >= 4 is 15.9 Å². The molecule has 1 aromatic rings. The van der Waals surface area contributed by atoms with Gasteiger partial charge in [-0.2, -0.15) is 0 Å². The van der Waals surface area contributed by atoms with Crippen molar-refractivity contribution in [1.29, 1.82) is 0 Å². The van der Waals surface area contributed by atoms with Crippen molar-refractivity contribution in [1.82, 2.24) is 10.2 Å². The van der Waals surface area contributed by atoms with Crippen molar-refractivity contribution < 1.29 is 4.39 Å². The summed E-state index contributed by atoms with van der Waals surface area (Å²) >= 11 is 3.39. The third-order valence-electron chi connectivity index (χ3n) is 4.25. The van der Waals surface area contributed by atoms with Gasteiger partial charge in [0.25, 0.3) is 0 Å². The van der Waals surface area contributed by atoms with E-state index >= 15 is 0 Å². The number of hydrogen-bond acceptors (Lipinski definition) is 2. The molecular formula is C17H26BrFN2. The molecule has 0 aromatic heterocycles. The lowest BCUT2D eigenvalue weighted by molar-refractivity contribution is 0.0884. The highest BCUT2D eigenvalue weighted by molar-refractivity contribution is 9.10. The molecule has 1 N–H and O–H groups in total. The van der Waals surface area contributed by atoms with E-state index in [9.17, 15) is 4.39 Å². The van der Waals surface area contributed by atoms with Crippen molar-refractivity contribution in [2.75, 3.05) is 13.1 Å². The van der Waals surface area contributed by atoms with E-state index in [4.69, 9.17) is 0 Å². The maximum absolute atomic E-state index is 13.6. The number of nitrogens with one attached hydrogen (secondary N) is 1. The van der Waals surface area contributed by atoms with E-state index in [1.54, 1.807) is 6.07 Å². The largest absolute Gasteiger partial charge is 0.311 e. The van der Waals surface area contributed by atoms with Gasteiger partial charge in [-0.1, -0.05) is 43.1 Å². The maximum atomic E-state index is 13.6. The number of benzene rings is 1. The van der Waals surface area contributed by atoms with Crippen LogP contribution in [0.1, 0.15) is 39.2 Å². The van der Waals surface area contributed by atoms with E-state index in [1.807, 2.05) is 6.07 Å². The summed E-state index contributed by atoms with van der Waals surface area (Å²) in [5, 5.41) is 3.66. The van der Waals surface area contributed by atoms with E-state index in [1.165, 1.54) is 18.9 Å². The van der Waals surface area contributed by atoms with Crippen LogP contribution in [0.25, 0.3) is 0 Å². The zero-order valence-corrected chi connectivity index (χ0v) is 14.8. The fraction of sp³-hybridized carbons (Fsp3) is 0.647. The first-order chi connectivity index (χ1) is 9.99. The molecule has 1 heterocycles. The first-order valence-electron chi connectivity index (χ1n) is 7.92. The minimum absolute atomic E-state index is 0.166. The van der Waals surface area contributed by atoms with Gasteiger partial charge in [-0.05, 0) is 36.1 Å². The number of piperazine rings is 1. The van der Waals surface area contributed by atoms with E-state index in [0.717, 1.165) is 29.7 Å². The number of nitrogens with zero attached hydrogens (tertiary/aromatic N) is 1. The molecular weight excluding hydrogens is 331 g/mol. The molecule has 1 fully saturated rings. The lowest BCUT2D eigenvalue weighted by Crippen LogP contribution is -2.57. The highest BCUT2D eigenvalue weighted by atomic mass is 79.9. The number of rotatable bonds is 5. The van der Waals surface area contributed by atoms with E-state index < -0.39 is 0 Å². The average molecular weight is 357 g/mol. The standard InChI is InChI=1S/C17H26BrFN2/c1-4-5-16-11-21(17(9-20-16)12(2)3)10-13-6-14(18)8-15(19)7-13/h6-8,12,16-17,20H,4-5,9-11H2,1-3H3. The van der Waals surface area contributed by atoms with Crippen LogP contribution in [0.4, 0.5) is 4.39 Å². The molecule has 2 atom stereocenters. The van der Waals surface area contributed by atoms with Crippen LogP contribution in [0.2, 0.25) is 0 Å². The second kappa shape index (κ2) is 7.70. The van der Waals surface area contributed by atoms with Crippen LogP contribution in [0.15, 0.2) is 22.7 Å². The smallest absolute Gasteiger partial charge is 0.124 e. The van der Waals surface area contributed by atoms with Gasteiger partial charge in [0.2, 0.25) is 0 Å². The molecule has 2 nitrogen and oxygen atoms in total. The molecule has 21 heavy (non-hydrogen) atoms. The van der Waals surface area contributed by atoms with Gasteiger partial charge in [-0.25, -0.2) is 4.39 Å². The van der Waals surface area contributed by atoms with Crippen molar-refractivity contribution in [2.45, 2.75) is 52.2 Å². The Hall–Kier alpha value is -0.450. The molecule has 0 amide bonds. The van der Waals surface area contributed by atoms with E-state index in [2.05, 4.69) is 46.9 Å². The molecule has 1 aliphatic heterocycles.